The van der Waals surface area contributed by atoms with E-state index < -0.39 is 5.97 Å². The summed E-state index contributed by atoms with van der Waals surface area (Å²) >= 11 is 4.88. The van der Waals surface area contributed by atoms with Gasteiger partial charge in [-0.05, 0) is 39.5 Å². The molecule has 3 rings (SSSR count). The molecule has 130 valence electrons. The normalized spacial score (nSPS) is 10.5. The predicted molar refractivity (Wildman–Crippen MR) is 96.2 cm³/mol. The summed E-state index contributed by atoms with van der Waals surface area (Å²) in [6, 6.07) is 6.98. The van der Waals surface area contributed by atoms with Crippen molar-refractivity contribution < 1.29 is 23.4 Å². The maximum atomic E-state index is 12.3. The molecule has 0 aliphatic heterocycles. The first-order chi connectivity index (χ1) is 12.1. The molecule has 1 aromatic carbocycles. The number of halogens is 1. The summed E-state index contributed by atoms with van der Waals surface area (Å²) in [6.45, 7) is 0.00834. The second-order valence-electron chi connectivity index (χ2n) is 4.89. The van der Waals surface area contributed by atoms with Gasteiger partial charge in [-0.2, -0.15) is 0 Å². The molecular formula is C17H14BrNO5S. The Morgan fingerprint density at radius 1 is 1.28 bits per heavy atom. The predicted octanol–water partition coefficient (Wildman–Crippen LogP) is 4.54. The fraction of sp³-hybridized carbons (Fsp3) is 0.176. The number of hydrogen-bond acceptors (Lipinski definition) is 7. The number of carbonyl (C=O) groups is 1. The number of methoxy groups -OCH3 is 2. The van der Waals surface area contributed by atoms with Crippen molar-refractivity contribution in [1.82, 2.24) is 4.98 Å². The van der Waals surface area contributed by atoms with E-state index in [4.69, 9.17) is 18.6 Å². The standard InChI is InChI=1S/C17H14BrNO5S/c1-21-12-6-10(7-13(22-2)15(12)18)17(20)24-9-11-8-23-16(19-11)14-4-3-5-25-14/h3-8H,9H2,1-2H3. The van der Waals surface area contributed by atoms with Crippen LogP contribution in [0.15, 0.2) is 44.8 Å². The minimum Gasteiger partial charge on any atom is -0.495 e. The third-order valence-corrected chi connectivity index (χ3v) is 4.96. The molecular weight excluding hydrogens is 410 g/mol. The van der Waals surface area contributed by atoms with Crippen LogP contribution in [0.25, 0.3) is 10.8 Å². The summed E-state index contributed by atoms with van der Waals surface area (Å²) in [4.78, 5) is 17.5. The number of hydrogen-bond donors (Lipinski definition) is 0. The first-order valence-electron chi connectivity index (χ1n) is 7.19. The number of rotatable bonds is 6. The summed E-state index contributed by atoms with van der Waals surface area (Å²) in [7, 11) is 3.02. The Hall–Kier alpha value is -2.32. The lowest BCUT2D eigenvalue weighted by atomic mass is 10.2. The Bertz CT molecular complexity index is 850. The van der Waals surface area contributed by atoms with Crippen molar-refractivity contribution in [3.05, 3.63) is 51.6 Å². The van der Waals surface area contributed by atoms with E-state index in [0.717, 1.165) is 4.88 Å². The SMILES string of the molecule is COc1cc(C(=O)OCc2coc(-c3cccs3)n2)cc(OC)c1Br. The Kier molecular flexibility index (Phi) is 5.40. The molecule has 0 amide bonds. The zero-order valence-corrected chi connectivity index (χ0v) is 15.8. The Labute approximate surface area is 156 Å². The zero-order chi connectivity index (χ0) is 17.8. The summed E-state index contributed by atoms with van der Waals surface area (Å²) in [5.41, 5.74) is 0.853. The lowest BCUT2D eigenvalue weighted by Gasteiger charge is -2.11. The number of benzene rings is 1. The fourth-order valence-corrected chi connectivity index (χ4v) is 3.30. The van der Waals surface area contributed by atoms with Gasteiger partial charge in [-0.25, -0.2) is 9.78 Å². The molecule has 0 radical (unpaired) electrons. The molecule has 0 atom stereocenters. The van der Waals surface area contributed by atoms with Gasteiger partial charge in [0, 0.05) is 0 Å². The fourth-order valence-electron chi connectivity index (χ4n) is 2.10. The van der Waals surface area contributed by atoms with E-state index in [1.54, 1.807) is 12.1 Å². The second-order valence-corrected chi connectivity index (χ2v) is 6.63. The van der Waals surface area contributed by atoms with E-state index in [2.05, 4.69) is 20.9 Å². The lowest BCUT2D eigenvalue weighted by molar-refractivity contribution is 0.0467. The van der Waals surface area contributed by atoms with Crippen molar-refractivity contribution >= 4 is 33.2 Å². The Morgan fingerprint density at radius 2 is 2.00 bits per heavy atom. The van der Waals surface area contributed by atoms with Crippen LogP contribution < -0.4 is 9.47 Å². The maximum absolute atomic E-state index is 12.3. The number of carbonyl (C=O) groups excluding carboxylic acids is 1. The minimum absolute atomic E-state index is 0.00834. The molecule has 0 aliphatic carbocycles. The zero-order valence-electron chi connectivity index (χ0n) is 13.4. The smallest absolute Gasteiger partial charge is 0.338 e. The van der Waals surface area contributed by atoms with Crippen LogP contribution in [-0.4, -0.2) is 25.2 Å². The number of esters is 1. The van der Waals surface area contributed by atoms with Crippen LogP contribution >= 0.6 is 27.3 Å². The molecule has 0 saturated carbocycles. The highest BCUT2D eigenvalue weighted by molar-refractivity contribution is 9.10. The summed E-state index contributed by atoms with van der Waals surface area (Å²) in [5.74, 6) is 0.957. The number of aromatic nitrogens is 1. The summed E-state index contributed by atoms with van der Waals surface area (Å²) < 4.78 is 21.8. The van der Waals surface area contributed by atoms with Crippen LogP contribution in [0.4, 0.5) is 0 Å². The first kappa shape index (κ1) is 17.5. The number of nitrogens with zero attached hydrogens (tertiary/aromatic N) is 1. The molecule has 0 bridgehead atoms. The Morgan fingerprint density at radius 3 is 2.60 bits per heavy atom. The molecule has 6 nitrogen and oxygen atoms in total. The van der Waals surface area contributed by atoms with Gasteiger partial charge in [0.2, 0.25) is 5.89 Å². The van der Waals surface area contributed by atoms with E-state index >= 15 is 0 Å². The van der Waals surface area contributed by atoms with Crippen LogP contribution in [0, 0.1) is 0 Å². The van der Waals surface area contributed by atoms with Crippen LogP contribution in [0.3, 0.4) is 0 Å². The van der Waals surface area contributed by atoms with E-state index in [1.807, 2.05) is 17.5 Å². The summed E-state index contributed by atoms with van der Waals surface area (Å²) in [5, 5.41) is 1.94. The van der Waals surface area contributed by atoms with E-state index in [9.17, 15) is 4.79 Å². The quantitative estimate of drug-likeness (QED) is 0.542. The molecule has 0 saturated heterocycles. The molecule has 2 aromatic heterocycles. The van der Waals surface area contributed by atoms with Gasteiger partial charge in [0.15, 0.2) is 0 Å². The van der Waals surface area contributed by atoms with Crippen LogP contribution in [-0.2, 0) is 11.3 Å². The van der Waals surface area contributed by atoms with Crippen molar-refractivity contribution in [2.24, 2.45) is 0 Å². The van der Waals surface area contributed by atoms with Crippen molar-refractivity contribution in [3.8, 4) is 22.3 Å². The average molecular weight is 424 g/mol. The maximum Gasteiger partial charge on any atom is 0.338 e. The topological polar surface area (TPSA) is 70.8 Å². The molecule has 3 aromatic rings. The monoisotopic (exact) mass is 423 g/mol. The van der Waals surface area contributed by atoms with Crippen molar-refractivity contribution in [1.29, 1.82) is 0 Å². The molecule has 0 aliphatic rings. The number of ether oxygens (including phenoxy) is 3. The molecule has 8 heteroatoms. The minimum atomic E-state index is -0.509. The van der Waals surface area contributed by atoms with E-state index in [-0.39, 0.29) is 6.61 Å². The largest absolute Gasteiger partial charge is 0.495 e. The van der Waals surface area contributed by atoms with E-state index in [0.29, 0.717) is 33.1 Å². The number of thiophene rings is 1. The third-order valence-electron chi connectivity index (χ3n) is 3.32. The molecule has 2 heterocycles. The lowest BCUT2D eigenvalue weighted by Crippen LogP contribution is -2.06. The van der Waals surface area contributed by atoms with E-state index in [1.165, 1.54) is 31.8 Å². The molecule has 0 fully saturated rings. The van der Waals surface area contributed by atoms with Gasteiger partial charge in [0.1, 0.15) is 34.5 Å². The molecule has 0 spiro atoms. The van der Waals surface area contributed by atoms with Crippen LogP contribution in [0.2, 0.25) is 0 Å². The molecule has 0 unspecified atom stereocenters. The highest BCUT2D eigenvalue weighted by Gasteiger charge is 2.16. The van der Waals surface area contributed by atoms with Gasteiger partial charge in [-0.15, -0.1) is 11.3 Å². The van der Waals surface area contributed by atoms with Gasteiger partial charge in [-0.1, -0.05) is 6.07 Å². The van der Waals surface area contributed by atoms with Crippen molar-refractivity contribution in [2.45, 2.75) is 6.61 Å². The van der Waals surface area contributed by atoms with Gasteiger partial charge in [-0.3, -0.25) is 0 Å². The first-order valence-corrected chi connectivity index (χ1v) is 8.86. The highest BCUT2D eigenvalue weighted by atomic mass is 79.9. The third kappa shape index (κ3) is 3.85. The van der Waals surface area contributed by atoms with Gasteiger partial charge in [0.25, 0.3) is 0 Å². The van der Waals surface area contributed by atoms with Crippen molar-refractivity contribution in [3.63, 3.8) is 0 Å². The average Bonchev–Trinajstić information content (AvgIpc) is 3.31. The number of oxazole rings is 1. The van der Waals surface area contributed by atoms with Gasteiger partial charge < -0.3 is 18.6 Å². The van der Waals surface area contributed by atoms with Gasteiger partial charge in [0.05, 0.1) is 24.7 Å². The summed E-state index contributed by atoms with van der Waals surface area (Å²) in [6.07, 6.45) is 1.48. The highest BCUT2D eigenvalue weighted by Crippen LogP contribution is 2.35. The van der Waals surface area contributed by atoms with Crippen LogP contribution in [0.5, 0.6) is 11.5 Å². The van der Waals surface area contributed by atoms with Crippen LogP contribution in [0.1, 0.15) is 16.1 Å². The van der Waals surface area contributed by atoms with Gasteiger partial charge >= 0.3 is 5.97 Å². The molecule has 25 heavy (non-hydrogen) atoms. The second kappa shape index (κ2) is 7.71. The molecule has 0 N–H and O–H groups in total. The Balaban J connectivity index is 1.71. The van der Waals surface area contributed by atoms with Crippen molar-refractivity contribution in [2.75, 3.05) is 14.2 Å².